The van der Waals surface area contributed by atoms with Gasteiger partial charge in [0, 0.05) is 0 Å². The number of aliphatic hydroxyl groups is 5. The normalized spacial score (nSPS) is 37.2. The molecule has 2 aliphatic rings. The number of imidazole rings is 1. The Morgan fingerprint density at radius 3 is 2.69 bits per heavy atom. The van der Waals surface area contributed by atoms with Crippen molar-refractivity contribution < 1.29 is 53.5 Å². The summed E-state index contributed by atoms with van der Waals surface area (Å²) in [5.41, 5.74) is 6.20. The van der Waals surface area contributed by atoms with Crippen LogP contribution in [-0.4, -0.2) is 99.7 Å². The molecule has 178 valence electrons. The van der Waals surface area contributed by atoms with Gasteiger partial charge in [0.15, 0.2) is 17.7 Å². The van der Waals surface area contributed by atoms with Crippen LogP contribution in [0.15, 0.2) is 12.7 Å². The van der Waals surface area contributed by atoms with Gasteiger partial charge in [-0.05, 0) is 0 Å². The van der Waals surface area contributed by atoms with Gasteiger partial charge in [0.05, 0.1) is 32.1 Å². The molecule has 0 bridgehead atoms. The topological polar surface area (TPSA) is 245 Å². The molecule has 2 aromatic rings. The van der Waals surface area contributed by atoms with Gasteiger partial charge in [-0.15, -0.1) is 0 Å². The molecular formula is C15H22N5O11P. The zero-order valence-corrected chi connectivity index (χ0v) is 17.2. The number of hydrogen-bond acceptors (Lipinski definition) is 14. The molecule has 16 nitrogen and oxygen atoms in total. The van der Waals surface area contributed by atoms with Crippen LogP contribution in [0.1, 0.15) is 12.6 Å². The van der Waals surface area contributed by atoms with Gasteiger partial charge in [-0.1, -0.05) is 0 Å². The molecule has 0 spiro atoms. The van der Waals surface area contributed by atoms with Gasteiger partial charge >= 0.3 is 7.82 Å². The number of aromatic nitrogens is 4. The highest BCUT2D eigenvalue weighted by Crippen LogP contribution is 2.50. The lowest BCUT2D eigenvalue weighted by Gasteiger charge is -2.25. The highest BCUT2D eigenvalue weighted by atomic mass is 31.2. The van der Waals surface area contributed by atoms with Crippen molar-refractivity contribution in [2.45, 2.75) is 49.1 Å². The Balaban J connectivity index is 1.41. The molecule has 0 radical (unpaired) electrons. The Labute approximate surface area is 179 Å². The standard InChI is InChI=1S/C15H22N5O11P/c16-12-9-13(18-4-17-12)20(5-19-9)14-11(24)10(23)8(29-14)3-28-32(26,27)31-15(25)1-6(22)7(2-21)30-15/h4-8,10-11,14,21-25H,1-3H2,(H,26,27)(H2,16,17,18)/t6-,7+,8+,10+,11+,14+,15-/m0/s1. The largest absolute Gasteiger partial charge is 0.476 e. The molecule has 8 atom stereocenters. The molecule has 2 aromatic heterocycles. The second kappa shape index (κ2) is 8.51. The summed E-state index contributed by atoms with van der Waals surface area (Å²) in [4.78, 5) is 21.8. The number of fused-ring (bicyclic) bond motifs is 1. The number of nitrogens with zero attached hydrogens (tertiary/aromatic N) is 4. The van der Waals surface area contributed by atoms with Crippen LogP contribution in [0.25, 0.3) is 11.2 Å². The first-order chi connectivity index (χ1) is 15.0. The predicted molar refractivity (Wildman–Crippen MR) is 100 cm³/mol. The number of hydrogen-bond donors (Lipinski definition) is 7. The van der Waals surface area contributed by atoms with E-state index in [0.717, 1.165) is 0 Å². The molecule has 2 fully saturated rings. The van der Waals surface area contributed by atoms with Crippen molar-refractivity contribution in [3.05, 3.63) is 12.7 Å². The molecule has 1 unspecified atom stereocenters. The zero-order chi connectivity index (χ0) is 23.3. The van der Waals surface area contributed by atoms with Gasteiger partial charge in [0.25, 0.3) is 5.97 Å². The van der Waals surface area contributed by atoms with Crippen LogP contribution in [0.2, 0.25) is 0 Å². The van der Waals surface area contributed by atoms with Crippen LogP contribution in [0.3, 0.4) is 0 Å². The lowest BCUT2D eigenvalue weighted by atomic mass is 10.1. The van der Waals surface area contributed by atoms with E-state index in [1.165, 1.54) is 17.2 Å². The number of nitrogens with two attached hydrogens (primary N) is 1. The van der Waals surface area contributed by atoms with E-state index in [4.69, 9.17) is 24.8 Å². The van der Waals surface area contributed by atoms with E-state index in [-0.39, 0.29) is 17.0 Å². The Morgan fingerprint density at radius 1 is 1.25 bits per heavy atom. The van der Waals surface area contributed by atoms with Crippen molar-refractivity contribution in [2.75, 3.05) is 18.9 Å². The van der Waals surface area contributed by atoms with Crippen molar-refractivity contribution in [1.29, 1.82) is 0 Å². The summed E-state index contributed by atoms with van der Waals surface area (Å²) in [6.07, 6.45) is -6.22. The number of phosphoric acid groups is 1. The van der Waals surface area contributed by atoms with Crippen LogP contribution >= 0.6 is 7.82 Å². The molecule has 2 aliphatic heterocycles. The molecule has 0 amide bonds. The summed E-state index contributed by atoms with van der Waals surface area (Å²) < 4.78 is 33.3. The maximum Gasteiger partial charge on any atom is 0.476 e. The monoisotopic (exact) mass is 479 g/mol. The molecule has 2 saturated heterocycles. The fourth-order valence-electron chi connectivity index (χ4n) is 3.50. The maximum absolute atomic E-state index is 12.2. The van der Waals surface area contributed by atoms with E-state index in [9.17, 15) is 29.9 Å². The van der Waals surface area contributed by atoms with Crippen LogP contribution in [0.5, 0.6) is 0 Å². The van der Waals surface area contributed by atoms with Gasteiger partial charge in [-0.25, -0.2) is 24.0 Å². The summed E-state index contributed by atoms with van der Waals surface area (Å²) in [6.45, 7) is -1.39. The third-order valence-corrected chi connectivity index (χ3v) is 6.06. The van der Waals surface area contributed by atoms with Gasteiger partial charge in [0.1, 0.15) is 36.3 Å². The molecule has 8 N–H and O–H groups in total. The summed E-state index contributed by atoms with van der Waals surface area (Å²) in [5.74, 6) is -2.58. The highest BCUT2D eigenvalue weighted by molar-refractivity contribution is 7.47. The zero-order valence-electron chi connectivity index (χ0n) is 16.3. The fraction of sp³-hybridized carbons (Fsp3) is 0.667. The van der Waals surface area contributed by atoms with Crippen molar-refractivity contribution in [3.63, 3.8) is 0 Å². The summed E-state index contributed by atoms with van der Waals surface area (Å²) in [7, 11) is -4.99. The van der Waals surface area contributed by atoms with E-state index < -0.39 is 70.2 Å². The third kappa shape index (κ3) is 4.35. The lowest BCUT2D eigenvalue weighted by molar-refractivity contribution is -0.316. The minimum Gasteiger partial charge on any atom is -0.394 e. The molecular weight excluding hydrogens is 457 g/mol. The van der Waals surface area contributed by atoms with Crippen LogP contribution in [0, 0.1) is 0 Å². The Morgan fingerprint density at radius 2 is 2.00 bits per heavy atom. The number of rotatable bonds is 7. The number of anilines is 1. The van der Waals surface area contributed by atoms with Gasteiger partial charge < -0.3 is 45.6 Å². The van der Waals surface area contributed by atoms with Crippen molar-refractivity contribution in [3.8, 4) is 0 Å². The minimum absolute atomic E-state index is 0.0978. The molecule has 0 saturated carbocycles. The first kappa shape index (κ1) is 23.3. The van der Waals surface area contributed by atoms with Gasteiger partial charge in [-0.2, -0.15) is 0 Å². The smallest absolute Gasteiger partial charge is 0.394 e. The van der Waals surface area contributed by atoms with E-state index in [1.54, 1.807) is 0 Å². The average molecular weight is 479 g/mol. The van der Waals surface area contributed by atoms with Crippen molar-refractivity contribution in [1.82, 2.24) is 19.5 Å². The predicted octanol–water partition coefficient (Wildman–Crippen LogP) is -3.05. The van der Waals surface area contributed by atoms with E-state index in [0.29, 0.717) is 0 Å². The molecule has 4 rings (SSSR count). The first-order valence-electron chi connectivity index (χ1n) is 9.35. The molecule has 17 heteroatoms. The summed E-state index contributed by atoms with van der Waals surface area (Å²) >= 11 is 0. The molecule has 32 heavy (non-hydrogen) atoms. The highest BCUT2D eigenvalue weighted by Gasteiger charge is 2.51. The summed E-state index contributed by atoms with van der Waals surface area (Å²) in [6, 6.07) is 0. The average Bonchev–Trinajstić information content (AvgIpc) is 3.35. The van der Waals surface area contributed by atoms with Crippen molar-refractivity contribution >= 4 is 24.8 Å². The molecule has 4 heterocycles. The molecule has 0 aromatic carbocycles. The summed E-state index contributed by atoms with van der Waals surface area (Å²) in [5, 5.41) is 49.5. The Kier molecular flexibility index (Phi) is 6.21. The van der Waals surface area contributed by atoms with E-state index in [2.05, 4.69) is 19.5 Å². The van der Waals surface area contributed by atoms with Crippen LogP contribution in [0.4, 0.5) is 5.82 Å². The Bertz CT molecular complexity index is 1020. The fourth-order valence-corrected chi connectivity index (χ4v) is 4.37. The van der Waals surface area contributed by atoms with E-state index >= 15 is 0 Å². The maximum atomic E-state index is 12.2. The number of nitrogen functional groups attached to an aromatic ring is 1. The minimum atomic E-state index is -4.99. The number of phosphoric ester groups is 1. The number of ether oxygens (including phenoxy) is 2. The van der Waals surface area contributed by atoms with Crippen molar-refractivity contribution in [2.24, 2.45) is 0 Å². The van der Waals surface area contributed by atoms with Crippen LogP contribution in [-0.2, 0) is 23.1 Å². The van der Waals surface area contributed by atoms with Crippen LogP contribution < -0.4 is 5.73 Å². The Hall–Kier alpha value is -1.82. The van der Waals surface area contributed by atoms with Gasteiger partial charge in [-0.3, -0.25) is 9.09 Å². The third-order valence-electron chi connectivity index (χ3n) is 5.07. The SMILES string of the molecule is Nc1ncnc2c1ncn2[C@@H]1O[C@H](COP(=O)(O)O[C@]2(O)C[C@H](O)[C@@H](CO)O2)[C@@H](O)[C@H]1O. The second-order valence-electron chi connectivity index (χ2n) is 7.31. The van der Waals surface area contributed by atoms with Gasteiger partial charge in [0.2, 0.25) is 0 Å². The van der Waals surface area contributed by atoms with E-state index in [1.807, 2.05) is 0 Å². The lowest BCUT2D eigenvalue weighted by Crippen LogP contribution is -2.35. The second-order valence-corrected chi connectivity index (χ2v) is 8.69. The quantitative estimate of drug-likeness (QED) is 0.154. The molecule has 0 aliphatic carbocycles. The first-order valence-corrected chi connectivity index (χ1v) is 10.8. The number of aliphatic hydroxyl groups excluding tert-OH is 4.